The van der Waals surface area contributed by atoms with Crippen LogP contribution in [0.5, 0.6) is 5.75 Å². The van der Waals surface area contributed by atoms with E-state index in [1.54, 1.807) is 24.3 Å². The second-order valence-electron chi connectivity index (χ2n) is 6.40. The monoisotopic (exact) mass is 390 g/mol. The number of hydrogen-bond acceptors (Lipinski definition) is 3. The Morgan fingerprint density at radius 2 is 2.04 bits per heavy atom. The molecule has 1 fully saturated rings. The molecule has 0 aliphatic carbocycles. The number of rotatable bonds is 4. The third kappa shape index (κ3) is 4.39. The normalized spacial score (nSPS) is 16.7. The maximum atomic E-state index is 13.9. The lowest BCUT2D eigenvalue weighted by Crippen LogP contribution is -2.44. The molecule has 1 saturated heterocycles. The average molecular weight is 391 g/mol. The number of amides is 2. The third-order valence-corrected chi connectivity index (χ3v) is 4.84. The summed E-state index contributed by atoms with van der Waals surface area (Å²) in [5.41, 5.74) is 0.502. The molecule has 1 aliphatic heterocycles. The van der Waals surface area contributed by atoms with E-state index in [2.05, 4.69) is 5.32 Å². The van der Waals surface area contributed by atoms with Crippen molar-refractivity contribution in [3.63, 3.8) is 0 Å². The molecular formula is C20H20ClFN2O3. The van der Waals surface area contributed by atoms with Crippen LogP contribution in [-0.2, 0) is 4.79 Å². The Morgan fingerprint density at radius 3 is 2.78 bits per heavy atom. The van der Waals surface area contributed by atoms with Gasteiger partial charge in [0.05, 0.1) is 24.3 Å². The number of methoxy groups -OCH3 is 1. The van der Waals surface area contributed by atoms with Crippen molar-refractivity contribution in [1.29, 1.82) is 0 Å². The zero-order valence-corrected chi connectivity index (χ0v) is 15.6. The highest BCUT2D eigenvalue weighted by atomic mass is 35.5. The quantitative estimate of drug-likeness (QED) is 0.859. The number of likely N-dealkylation sites (tertiary alicyclic amines) is 1. The summed E-state index contributed by atoms with van der Waals surface area (Å²) in [7, 11) is 1.51. The zero-order chi connectivity index (χ0) is 19.4. The number of carbonyl (C=O) groups is 2. The number of nitrogens with zero attached hydrogens (tertiary/aromatic N) is 1. The summed E-state index contributed by atoms with van der Waals surface area (Å²) in [6.07, 6.45) is 1.32. The Hall–Kier alpha value is -2.60. The Labute approximate surface area is 162 Å². The molecule has 0 spiro atoms. The summed E-state index contributed by atoms with van der Waals surface area (Å²) in [4.78, 5) is 26.8. The van der Waals surface area contributed by atoms with Crippen LogP contribution >= 0.6 is 11.6 Å². The van der Waals surface area contributed by atoms with E-state index in [1.807, 2.05) is 0 Å². The van der Waals surface area contributed by atoms with Gasteiger partial charge in [0.2, 0.25) is 5.91 Å². The first-order valence-corrected chi connectivity index (χ1v) is 9.05. The van der Waals surface area contributed by atoms with E-state index in [1.165, 1.54) is 30.2 Å². The van der Waals surface area contributed by atoms with Crippen LogP contribution in [0.25, 0.3) is 0 Å². The fourth-order valence-electron chi connectivity index (χ4n) is 3.19. The van der Waals surface area contributed by atoms with Crippen LogP contribution in [0.3, 0.4) is 0 Å². The maximum Gasteiger partial charge on any atom is 0.256 e. The topological polar surface area (TPSA) is 58.6 Å². The molecule has 1 unspecified atom stereocenters. The molecule has 1 N–H and O–H groups in total. The van der Waals surface area contributed by atoms with Crippen molar-refractivity contribution in [1.82, 2.24) is 4.90 Å². The van der Waals surface area contributed by atoms with Gasteiger partial charge in [0, 0.05) is 18.1 Å². The number of benzene rings is 2. The van der Waals surface area contributed by atoms with Crippen molar-refractivity contribution in [2.75, 3.05) is 25.5 Å². The van der Waals surface area contributed by atoms with Gasteiger partial charge in [0.1, 0.15) is 11.6 Å². The number of nitrogens with one attached hydrogen (secondary N) is 1. The van der Waals surface area contributed by atoms with Gasteiger partial charge in [-0.3, -0.25) is 9.59 Å². The first kappa shape index (κ1) is 19.2. The van der Waals surface area contributed by atoms with E-state index in [0.29, 0.717) is 35.8 Å². The van der Waals surface area contributed by atoms with Gasteiger partial charge in [-0.15, -0.1) is 0 Å². The molecule has 2 aromatic rings. The summed E-state index contributed by atoms with van der Waals surface area (Å²) < 4.78 is 19.1. The summed E-state index contributed by atoms with van der Waals surface area (Å²) in [6.45, 7) is 0.735. The predicted molar refractivity (Wildman–Crippen MR) is 102 cm³/mol. The minimum Gasteiger partial charge on any atom is -0.495 e. The molecular weight excluding hydrogens is 371 g/mol. The van der Waals surface area contributed by atoms with E-state index < -0.39 is 17.6 Å². The Kier molecular flexibility index (Phi) is 5.96. The molecule has 0 aromatic heterocycles. The summed E-state index contributed by atoms with van der Waals surface area (Å²) >= 11 is 6.00. The minimum absolute atomic E-state index is 0.0232. The van der Waals surface area contributed by atoms with Crippen LogP contribution in [0, 0.1) is 11.7 Å². The van der Waals surface area contributed by atoms with Crippen LogP contribution < -0.4 is 10.1 Å². The molecule has 1 aliphatic rings. The Morgan fingerprint density at radius 1 is 1.26 bits per heavy atom. The highest BCUT2D eigenvalue weighted by molar-refractivity contribution is 6.31. The lowest BCUT2D eigenvalue weighted by Gasteiger charge is -2.32. The van der Waals surface area contributed by atoms with E-state index in [9.17, 15) is 14.0 Å². The molecule has 3 rings (SSSR count). The zero-order valence-electron chi connectivity index (χ0n) is 14.9. The molecule has 2 amide bonds. The van der Waals surface area contributed by atoms with Crippen molar-refractivity contribution in [3.8, 4) is 5.75 Å². The summed E-state index contributed by atoms with van der Waals surface area (Å²) in [6, 6.07) is 10.8. The van der Waals surface area contributed by atoms with Gasteiger partial charge in [-0.1, -0.05) is 23.7 Å². The fourth-order valence-corrected chi connectivity index (χ4v) is 3.37. The van der Waals surface area contributed by atoms with Crippen LogP contribution in [-0.4, -0.2) is 36.9 Å². The van der Waals surface area contributed by atoms with E-state index in [-0.39, 0.29) is 18.0 Å². The lowest BCUT2D eigenvalue weighted by atomic mass is 9.96. The SMILES string of the molecule is COc1ccc(Cl)cc1NC(=O)C1CCCN(C(=O)c2ccccc2F)C1. The summed E-state index contributed by atoms with van der Waals surface area (Å²) in [5.74, 6) is -1.06. The maximum absolute atomic E-state index is 13.9. The summed E-state index contributed by atoms with van der Waals surface area (Å²) in [5, 5.41) is 3.30. The van der Waals surface area contributed by atoms with Crippen molar-refractivity contribution in [3.05, 3.63) is 58.9 Å². The van der Waals surface area contributed by atoms with Crippen molar-refractivity contribution in [2.24, 2.45) is 5.92 Å². The fraction of sp³-hybridized carbons (Fsp3) is 0.300. The van der Waals surface area contributed by atoms with Crippen molar-refractivity contribution in [2.45, 2.75) is 12.8 Å². The number of halogens is 2. The van der Waals surface area contributed by atoms with Gasteiger partial charge in [0.25, 0.3) is 5.91 Å². The highest BCUT2D eigenvalue weighted by Gasteiger charge is 2.30. The molecule has 1 atom stereocenters. The molecule has 1 heterocycles. The minimum atomic E-state index is -0.558. The van der Waals surface area contributed by atoms with Gasteiger partial charge in [0.15, 0.2) is 0 Å². The predicted octanol–water partition coefficient (Wildman–Crippen LogP) is 3.98. The first-order valence-electron chi connectivity index (χ1n) is 8.68. The molecule has 0 radical (unpaired) electrons. The van der Waals surface area contributed by atoms with Crippen molar-refractivity contribution >= 4 is 29.1 Å². The number of hydrogen-bond donors (Lipinski definition) is 1. The second-order valence-corrected chi connectivity index (χ2v) is 6.84. The number of ether oxygens (including phenoxy) is 1. The second kappa shape index (κ2) is 8.39. The number of anilines is 1. The largest absolute Gasteiger partial charge is 0.495 e. The lowest BCUT2D eigenvalue weighted by molar-refractivity contribution is -0.121. The average Bonchev–Trinajstić information content (AvgIpc) is 2.68. The molecule has 2 aromatic carbocycles. The molecule has 0 saturated carbocycles. The Bertz CT molecular complexity index is 859. The van der Waals surface area contributed by atoms with Crippen LogP contribution in [0.4, 0.5) is 10.1 Å². The van der Waals surface area contributed by atoms with E-state index in [4.69, 9.17) is 16.3 Å². The first-order chi connectivity index (χ1) is 13.0. The highest BCUT2D eigenvalue weighted by Crippen LogP contribution is 2.29. The molecule has 5 nitrogen and oxygen atoms in total. The van der Waals surface area contributed by atoms with Gasteiger partial charge in [-0.2, -0.15) is 0 Å². The Balaban J connectivity index is 1.71. The molecule has 27 heavy (non-hydrogen) atoms. The molecule has 7 heteroatoms. The van der Waals surface area contributed by atoms with Crippen molar-refractivity contribution < 1.29 is 18.7 Å². The number of carbonyl (C=O) groups excluding carboxylic acids is 2. The number of piperidine rings is 1. The van der Waals surface area contributed by atoms with Crippen LogP contribution in [0.15, 0.2) is 42.5 Å². The van der Waals surface area contributed by atoms with Crippen LogP contribution in [0.1, 0.15) is 23.2 Å². The molecule has 142 valence electrons. The van der Waals surface area contributed by atoms with Gasteiger partial charge in [-0.25, -0.2) is 4.39 Å². The smallest absolute Gasteiger partial charge is 0.256 e. The van der Waals surface area contributed by atoms with E-state index in [0.717, 1.165) is 0 Å². The van der Waals surface area contributed by atoms with Gasteiger partial charge >= 0.3 is 0 Å². The van der Waals surface area contributed by atoms with Gasteiger partial charge in [-0.05, 0) is 43.2 Å². The third-order valence-electron chi connectivity index (χ3n) is 4.60. The standard InChI is InChI=1S/C20H20ClFN2O3/c1-27-18-9-8-14(21)11-17(18)23-19(25)13-5-4-10-24(12-13)20(26)15-6-2-3-7-16(15)22/h2-3,6-9,11,13H,4-5,10,12H2,1H3,(H,23,25). The molecule has 0 bridgehead atoms. The van der Waals surface area contributed by atoms with Crippen LogP contribution in [0.2, 0.25) is 5.02 Å². The van der Waals surface area contributed by atoms with Gasteiger partial charge < -0.3 is 15.0 Å². The van der Waals surface area contributed by atoms with E-state index >= 15 is 0 Å².